The molecule has 4 rings (SSSR count). The molecular formula is C24H20F4N4O3. The van der Waals surface area contributed by atoms with Gasteiger partial charge in [-0.3, -0.25) is 24.0 Å². The molecule has 7 nitrogen and oxygen atoms in total. The van der Waals surface area contributed by atoms with E-state index in [0.717, 1.165) is 4.68 Å². The van der Waals surface area contributed by atoms with Crippen LogP contribution in [0.1, 0.15) is 52.0 Å². The number of nitrogens with one attached hydrogen (secondary N) is 1. The molecule has 35 heavy (non-hydrogen) atoms. The van der Waals surface area contributed by atoms with Crippen LogP contribution in [0.5, 0.6) is 0 Å². The fourth-order valence-electron chi connectivity index (χ4n) is 3.82. The van der Waals surface area contributed by atoms with Crippen LogP contribution in [0.4, 0.5) is 23.2 Å². The van der Waals surface area contributed by atoms with Crippen molar-refractivity contribution < 1.29 is 31.9 Å². The van der Waals surface area contributed by atoms with Crippen molar-refractivity contribution >= 4 is 23.4 Å². The third-order valence-corrected chi connectivity index (χ3v) is 5.61. The number of imide groups is 1. The highest BCUT2D eigenvalue weighted by Gasteiger charge is 2.34. The van der Waals surface area contributed by atoms with Gasteiger partial charge in [0.15, 0.2) is 17.5 Å². The lowest BCUT2D eigenvalue weighted by molar-refractivity contribution is -0.116. The quantitative estimate of drug-likeness (QED) is 0.160. The Hall–Kier alpha value is -4.02. The molecule has 0 bridgehead atoms. The Labute approximate surface area is 197 Å². The van der Waals surface area contributed by atoms with E-state index < -0.39 is 35.4 Å². The molecule has 3 aromatic rings. The minimum Gasteiger partial charge on any atom is -0.323 e. The second-order valence-corrected chi connectivity index (χ2v) is 8.04. The lowest BCUT2D eigenvalue weighted by Crippen LogP contribution is -2.30. The number of fused-ring (bicyclic) bond motifs is 1. The highest BCUT2D eigenvalue weighted by Crippen LogP contribution is 2.23. The van der Waals surface area contributed by atoms with Crippen molar-refractivity contribution in [1.29, 1.82) is 0 Å². The van der Waals surface area contributed by atoms with E-state index in [0.29, 0.717) is 30.4 Å². The summed E-state index contributed by atoms with van der Waals surface area (Å²) in [4.78, 5) is 38.0. The predicted molar refractivity (Wildman–Crippen MR) is 117 cm³/mol. The molecule has 0 saturated carbocycles. The van der Waals surface area contributed by atoms with Gasteiger partial charge in [-0.2, -0.15) is 5.10 Å². The normalized spacial score (nSPS) is 12.9. The van der Waals surface area contributed by atoms with Crippen LogP contribution in [0.25, 0.3) is 0 Å². The van der Waals surface area contributed by atoms with Crippen LogP contribution in [0.3, 0.4) is 0 Å². The summed E-state index contributed by atoms with van der Waals surface area (Å²) in [5.41, 5.74) is 0.368. The number of carbonyl (C=O) groups is 3. The fraction of sp³-hybridized carbons (Fsp3) is 0.250. The summed E-state index contributed by atoms with van der Waals surface area (Å²) >= 11 is 0. The van der Waals surface area contributed by atoms with Crippen LogP contribution in [-0.2, 0) is 11.3 Å². The van der Waals surface area contributed by atoms with Gasteiger partial charge in [-0.25, -0.2) is 17.6 Å². The van der Waals surface area contributed by atoms with E-state index in [4.69, 9.17) is 0 Å². The van der Waals surface area contributed by atoms with E-state index in [9.17, 15) is 31.9 Å². The third-order valence-electron chi connectivity index (χ3n) is 5.61. The summed E-state index contributed by atoms with van der Waals surface area (Å²) in [6, 6.07) is 6.90. The predicted octanol–water partition coefficient (Wildman–Crippen LogP) is 4.28. The van der Waals surface area contributed by atoms with Crippen molar-refractivity contribution in [3.8, 4) is 0 Å². The molecule has 0 radical (unpaired) electrons. The summed E-state index contributed by atoms with van der Waals surface area (Å²) < 4.78 is 55.2. The van der Waals surface area contributed by atoms with E-state index in [1.54, 1.807) is 24.3 Å². The largest absolute Gasteiger partial charge is 0.323 e. The molecule has 0 unspecified atom stereocenters. The molecule has 1 N–H and O–H groups in total. The average molecular weight is 488 g/mol. The monoisotopic (exact) mass is 488 g/mol. The van der Waals surface area contributed by atoms with Gasteiger partial charge in [0.25, 0.3) is 11.8 Å². The molecule has 0 atom stereocenters. The number of amides is 3. The highest BCUT2D eigenvalue weighted by atomic mass is 19.2. The number of rotatable bonds is 9. The van der Waals surface area contributed by atoms with Gasteiger partial charge in [0.05, 0.1) is 29.6 Å². The molecule has 2 aromatic carbocycles. The number of aromatic nitrogens is 2. The van der Waals surface area contributed by atoms with Crippen molar-refractivity contribution in [2.24, 2.45) is 0 Å². The number of hydrogen-bond acceptors (Lipinski definition) is 4. The van der Waals surface area contributed by atoms with Crippen molar-refractivity contribution in [1.82, 2.24) is 14.7 Å². The Bertz CT molecular complexity index is 1270. The zero-order valence-electron chi connectivity index (χ0n) is 18.4. The van der Waals surface area contributed by atoms with Crippen LogP contribution in [0.15, 0.2) is 42.7 Å². The number of nitrogens with zero attached hydrogens (tertiary/aromatic N) is 3. The fourth-order valence-corrected chi connectivity index (χ4v) is 3.82. The number of anilines is 1. The van der Waals surface area contributed by atoms with Crippen molar-refractivity contribution in [2.45, 2.75) is 32.2 Å². The second-order valence-electron chi connectivity index (χ2n) is 8.04. The molecule has 11 heteroatoms. The zero-order chi connectivity index (χ0) is 25.1. The van der Waals surface area contributed by atoms with E-state index >= 15 is 0 Å². The van der Waals surface area contributed by atoms with E-state index in [2.05, 4.69) is 10.4 Å². The molecule has 2 heterocycles. The maximum Gasteiger partial charge on any atom is 0.261 e. The van der Waals surface area contributed by atoms with Crippen LogP contribution < -0.4 is 5.32 Å². The second kappa shape index (κ2) is 10.1. The van der Waals surface area contributed by atoms with Crippen molar-refractivity contribution in [2.75, 3.05) is 11.9 Å². The van der Waals surface area contributed by atoms with Crippen LogP contribution in [0.2, 0.25) is 0 Å². The first-order valence-electron chi connectivity index (χ1n) is 10.9. The van der Waals surface area contributed by atoms with E-state index in [-0.39, 0.29) is 42.4 Å². The molecule has 0 fully saturated rings. The maximum atomic E-state index is 13.8. The number of halogens is 4. The standard InChI is InChI=1S/C24H20F4N4O3/c25-18-10-19(26)22(28)21(27)17(18)13-31-12-14(11-29-31)30-20(33)8-2-1-5-9-32-23(34)15-6-3-4-7-16(15)24(32)35/h3-4,6-7,10-12H,1-2,5,8-9,13H2,(H,30,33). The Morgan fingerprint density at radius 3 is 2.29 bits per heavy atom. The Morgan fingerprint density at radius 1 is 0.914 bits per heavy atom. The minimum atomic E-state index is -1.77. The molecule has 1 aliphatic heterocycles. The molecular weight excluding hydrogens is 468 g/mol. The van der Waals surface area contributed by atoms with Gasteiger partial charge < -0.3 is 5.32 Å². The van der Waals surface area contributed by atoms with Crippen LogP contribution >= 0.6 is 0 Å². The van der Waals surface area contributed by atoms with Crippen LogP contribution in [-0.4, -0.2) is 38.9 Å². The van der Waals surface area contributed by atoms with Gasteiger partial charge in [0, 0.05) is 30.8 Å². The van der Waals surface area contributed by atoms with Gasteiger partial charge in [-0.1, -0.05) is 18.6 Å². The van der Waals surface area contributed by atoms with Crippen molar-refractivity contribution in [3.05, 3.63) is 82.7 Å². The topological polar surface area (TPSA) is 84.3 Å². The maximum absolute atomic E-state index is 13.8. The summed E-state index contributed by atoms with van der Waals surface area (Å²) in [6.07, 6.45) is 4.39. The smallest absolute Gasteiger partial charge is 0.261 e. The molecule has 0 spiro atoms. The first-order valence-corrected chi connectivity index (χ1v) is 10.9. The average Bonchev–Trinajstić information content (AvgIpc) is 3.37. The summed E-state index contributed by atoms with van der Waals surface area (Å²) in [6.45, 7) is -0.236. The Morgan fingerprint density at radius 2 is 1.60 bits per heavy atom. The van der Waals surface area contributed by atoms with Gasteiger partial charge >= 0.3 is 0 Å². The molecule has 1 aliphatic rings. The Balaban J connectivity index is 1.21. The van der Waals surface area contributed by atoms with E-state index in [1.165, 1.54) is 17.3 Å². The number of unbranched alkanes of at least 4 members (excludes halogenated alkanes) is 2. The van der Waals surface area contributed by atoms with Gasteiger partial charge in [-0.05, 0) is 25.0 Å². The number of benzene rings is 2. The highest BCUT2D eigenvalue weighted by molar-refractivity contribution is 6.21. The van der Waals surface area contributed by atoms with Gasteiger partial charge in [0.2, 0.25) is 5.91 Å². The Kier molecular flexibility index (Phi) is 6.94. The number of carbonyl (C=O) groups excluding carboxylic acids is 3. The summed E-state index contributed by atoms with van der Waals surface area (Å²) in [7, 11) is 0. The molecule has 0 saturated heterocycles. The molecule has 1 aromatic heterocycles. The first kappa shape index (κ1) is 24.1. The lowest BCUT2D eigenvalue weighted by atomic mass is 10.1. The number of hydrogen-bond donors (Lipinski definition) is 1. The minimum absolute atomic E-state index is 0.166. The van der Waals surface area contributed by atoms with Gasteiger partial charge in [-0.15, -0.1) is 0 Å². The summed E-state index contributed by atoms with van der Waals surface area (Å²) in [5, 5.41) is 6.46. The van der Waals surface area contributed by atoms with Crippen molar-refractivity contribution in [3.63, 3.8) is 0 Å². The first-order chi connectivity index (χ1) is 16.8. The van der Waals surface area contributed by atoms with Crippen LogP contribution in [0, 0.1) is 23.3 Å². The zero-order valence-corrected chi connectivity index (χ0v) is 18.4. The van der Waals surface area contributed by atoms with E-state index in [1.807, 2.05) is 0 Å². The molecule has 0 aliphatic carbocycles. The summed E-state index contributed by atoms with van der Waals surface area (Å²) in [5.74, 6) is -7.23. The molecule has 3 amide bonds. The lowest BCUT2D eigenvalue weighted by Gasteiger charge is -2.13. The molecule has 182 valence electrons. The SMILES string of the molecule is O=C(CCCCCN1C(=O)c2ccccc2C1=O)Nc1cnn(Cc2c(F)cc(F)c(F)c2F)c1. The third kappa shape index (κ3) is 5.08. The van der Waals surface area contributed by atoms with Gasteiger partial charge in [0.1, 0.15) is 5.82 Å².